The van der Waals surface area contributed by atoms with Gasteiger partial charge < -0.3 is 4.42 Å². The van der Waals surface area contributed by atoms with Gasteiger partial charge in [0.15, 0.2) is 0 Å². The molecule has 0 N–H and O–H groups in total. The van der Waals surface area contributed by atoms with Gasteiger partial charge >= 0.3 is 0 Å². The first kappa shape index (κ1) is 13.4. The molecule has 4 rings (SSSR count). The van der Waals surface area contributed by atoms with Crippen LogP contribution >= 0.6 is 0 Å². The summed E-state index contributed by atoms with van der Waals surface area (Å²) in [5.74, 6) is 1.11. The van der Waals surface area contributed by atoms with Gasteiger partial charge in [-0.1, -0.05) is 18.2 Å². The molecule has 0 spiro atoms. The van der Waals surface area contributed by atoms with Crippen molar-refractivity contribution in [2.24, 2.45) is 0 Å². The average Bonchev–Trinajstić information content (AvgIpc) is 3.16. The van der Waals surface area contributed by atoms with Gasteiger partial charge in [0, 0.05) is 18.0 Å². The van der Waals surface area contributed by atoms with Crippen LogP contribution < -0.4 is 0 Å². The lowest BCUT2D eigenvalue weighted by molar-refractivity contribution is 0.106. The zero-order valence-electron chi connectivity index (χ0n) is 12.6. The molecule has 3 heteroatoms. The first-order valence-corrected chi connectivity index (χ1v) is 8.32. The smallest absolute Gasteiger partial charge is 0.134 e. The van der Waals surface area contributed by atoms with Crippen molar-refractivity contribution in [3.8, 4) is 0 Å². The van der Waals surface area contributed by atoms with Gasteiger partial charge in [0.1, 0.15) is 11.3 Å². The second-order valence-corrected chi connectivity index (χ2v) is 6.52. The molecule has 0 amide bonds. The Morgan fingerprint density at radius 3 is 2.76 bits per heavy atom. The van der Waals surface area contributed by atoms with E-state index >= 15 is 0 Å². The van der Waals surface area contributed by atoms with Crippen LogP contribution in [0.1, 0.15) is 31.4 Å². The van der Waals surface area contributed by atoms with Crippen LogP contribution in [-0.4, -0.2) is 42.0 Å². The number of nitrogens with zero attached hydrogens (tertiary/aromatic N) is 2. The Morgan fingerprint density at radius 2 is 1.90 bits per heavy atom. The summed E-state index contributed by atoms with van der Waals surface area (Å²) >= 11 is 0. The summed E-state index contributed by atoms with van der Waals surface area (Å²) in [5.41, 5.74) is 1.01. The maximum Gasteiger partial charge on any atom is 0.134 e. The van der Waals surface area contributed by atoms with E-state index in [1.165, 1.54) is 57.2 Å². The van der Waals surface area contributed by atoms with Crippen LogP contribution in [-0.2, 0) is 6.54 Å². The largest absolute Gasteiger partial charge is 0.460 e. The molecule has 112 valence electrons. The molecule has 1 unspecified atom stereocenters. The molecular formula is C18H24N2O. The van der Waals surface area contributed by atoms with E-state index in [0.717, 1.165) is 23.9 Å². The highest BCUT2D eigenvalue weighted by Crippen LogP contribution is 2.24. The SMILES string of the molecule is c1ccc2oc(CN3CCCC(N4CCCC4)C3)cc2c1. The number of hydrogen-bond acceptors (Lipinski definition) is 3. The van der Waals surface area contributed by atoms with Gasteiger partial charge in [0.05, 0.1) is 6.54 Å². The Bertz CT molecular complexity index is 567. The van der Waals surface area contributed by atoms with E-state index in [1.807, 2.05) is 6.07 Å². The fourth-order valence-electron chi connectivity index (χ4n) is 3.91. The zero-order chi connectivity index (χ0) is 14.1. The second-order valence-electron chi connectivity index (χ2n) is 6.52. The third-order valence-corrected chi connectivity index (χ3v) is 4.99. The van der Waals surface area contributed by atoms with Crippen LogP contribution in [0.3, 0.4) is 0 Å². The fraction of sp³-hybridized carbons (Fsp3) is 0.556. The van der Waals surface area contributed by atoms with E-state index in [9.17, 15) is 0 Å². The summed E-state index contributed by atoms with van der Waals surface area (Å²) < 4.78 is 5.98. The molecule has 2 aliphatic heterocycles. The molecule has 2 aromatic rings. The summed E-state index contributed by atoms with van der Waals surface area (Å²) in [7, 11) is 0. The highest BCUT2D eigenvalue weighted by molar-refractivity contribution is 5.77. The van der Waals surface area contributed by atoms with E-state index in [0.29, 0.717) is 0 Å². The number of benzene rings is 1. The number of rotatable bonds is 3. The lowest BCUT2D eigenvalue weighted by Crippen LogP contribution is -2.46. The monoisotopic (exact) mass is 284 g/mol. The lowest BCUT2D eigenvalue weighted by Gasteiger charge is -2.37. The van der Waals surface area contributed by atoms with Gasteiger partial charge in [-0.25, -0.2) is 0 Å². The Labute approximate surface area is 126 Å². The van der Waals surface area contributed by atoms with E-state index < -0.39 is 0 Å². The summed E-state index contributed by atoms with van der Waals surface area (Å²) in [6.45, 7) is 5.99. The summed E-state index contributed by atoms with van der Waals surface area (Å²) in [6, 6.07) is 11.3. The van der Waals surface area contributed by atoms with E-state index in [1.54, 1.807) is 0 Å². The van der Waals surface area contributed by atoms with Crippen LogP contribution in [0.25, 0.3) is 11.0 Å². The molecule has 0 radical (unpaired) electrons. The van der Waals surface area contributed by atoms with E-state index in [-0.39, 0.29) is 0 Å². The maximum atomic E-state index is 5.98. The normalized spacial score (nSPS) is 24.9. The zero-order valence-corrected chi connectivity index (χ0v) is 12.6. The second kappa shape index (κ2) is 5.82. The molecule has 1 aromatic carbocycles. The van der Waals surface area contributed by atoms with Crippen LogP contribution in [0.5, 0.6) is 0 Å². The summed E-state index contributed by atoms with van der Waals surface area (Å²) in [4.78, 5) is 5.27. The maximum absolute atomic E-state index is 5.98. The van der Waals surface area contributed by atoms with Crippen LogP contribution in [0, 0.1) is 0 Å². The molecular weight excluding hydrogens is 260 g/mol. The van der Waals surface area contributed by atoms with Crippen molar-refractivity contribution in [3.05, 3.63) is 36.1 Å². The number of para-hydroxylation sites is 1. The molecule has 21 heavy (non-hydrogen) atoms. The van der Waals surface area contributed by atoms with E-state index in [4.69, 9.17) is 4.42 Å². The Hall–Kier alpha value is -1.32. The molecule has 1 atom stereocenters. The molecule has 3 nitrogen and oxygen atoms in total. The van der Waals surface area contributed by atoms with Crippen LogP contribution in [0.2, 0.25) is 0 Å². The van der Waals surface area contributed by atoms with Crippen molar-refractivity contribution >= 4 is 11.0 Å². The minimum absolute atomic E-state index is 0.769. The van der Waals surface area contributed by atoms with Gasteiger partial charge in [0.2, 0.25) is 0 Å². The number of fused-ring (bicyclic) bond motifs is 1. The standard InChI is InChI=1S/C18H24N2O/c1-2-8-18-15(6-1)12-17(21-18)14-19-9-5-7-16(13-19)20-10-3-4-11-20/h1-2,6,8,12,16H,3-5,7,9-11,13-14H2. The highest BCUT2D eigenvalue weighted by Gasteiger charge is 2.27. The highest BCUT2D eigenvalue weighted by atomic mass is 16.3. The Kier molecular flexibility index (Phi) is 3.70. The molecule has 2 fully saturated rings. The van der Waals surface area contributed by atoms with Gasteiger partial charge in [-0.15, -0.1) is 0 Å². The topological polar surface area (TPSA) is 19.6 Å². The minimum atomic E-state index is 0.769. The molecule has 2 aliphatic rings. The van der Waals surface area contributed by atoms with Gasteiger partial charge in [-0.2, -0.15) is 0 Å². The Balaban J connectivity index is 1.43. The van der Waals surface area contributed by atoms with Crippen molar-refractivity contribution in [1.82, 2.24) is 9.80 Å². The first-order chi connectivity index (χ1) is 10.4. The summed E-state index contributed by atoms with van der Waals surface area (Å²) in [5, 5.41) is 1.22. The van der Waals surface area contributed by atoms with Crippen molar-refractivity contribution in [2.75, 3.05) is 26.2 Å². The number of hydrogen-bond donors (Lipinski definition) is 0. The number of piperidine rings is 1. The molecule has 0 saturated carbocycles. The molecule has 2 saturated heterocycles. The molecule has 3 heterocycles. The third kappa shape index (κ3) is 2.85. The van der Waals surface area contributed by atoms with Crippen LogP contribution in [0.15, 0.2) is 34.7 Å². The molecule has 0 bridgehead atoms. The number of likely N-dealkylation sites (tertiary alicyclic amines) is 2. The van der Waals surface area contributed by atoms with Crippen molar-refractivity contribution in [3.63, 3.8) is 0 Å². The van der Waals surface area contributed by atoms with Crippen LogP contribution in [0.4, 0.5) is 0 Å². The summed E-state index contributed by atoms with van der Waals surface area (Å²) in [6.07, 6.45) is 5.47. The van der Waals surface area contributed by atoms with Gasteiger partial charge in [0.25, 0.3) is 0 Å². The van der Waals surface area contributed by atoms with Crippen molar-refractivity contribution in [2.45, 2.75) is 38.3 Å². The molecule has 0 aliphatic carbocycles. The Morgan fingerprint density at radius 1 is 1.05 bits per heavy atom. The predicted molar refractivity (Wildman–Crippen MR) is 85.3 cm³/mol. The third-order valence-electron chi connectivity index (χ3n) is 4.99. The van der Waals surface area contributed by atoms with Gasteiger partial charge in [-0.3, -0.25) is 9.80 Å². The predicted octanol–water partition coefficient (Wildman–Crippen LogP) is 3.49. The van der Waals surface area contributed by atoms with Crippen molar-refractivity contribution < 1.29 is 4.42 Å². The van der Waals surface area contributed by atoms with Crippen molar-refractivity contribution in [1.29, 1.82) is 0 Å². The molecule has 1 aromatic heterocycles. The first-order valence-electron chi connectivity index (χ1n) is 8.32. The van der Waals surface area contributed by atoms with Gasteiger partial charge in [-0.05, 0) is 57.5 Å². The van der Waals surface area contributed by atoms with E-state index in [2.05, 4.69) is 34.1 Å². The number of furan rings is 1. The quantitative estimate of drug-likeness (QED) is 0.860. The fourth-order valence-corrected chi connectivity index (χ4v) is 3.91. The average molecular weight is 284 g/mol. The lowest BCUT2D eigenvalue weighted by atomic mass is 10.0. The minimum Gasteiger partial charge on any atom is -0.460 e.